The Labute approximate surface area is 122 Å². The molecule has 0 bridgehead atoms. The molecule has 108 valence electrons. The van der Waals surface area contributed by atoms with Crippen LogP contribution in [0.4, 0.5) is 11.4 Å². The molecule has 9 nitrogen and oxygen atoms in total. The van der Waals surface area contributed by atoms with E-state index in [9.17, 15) is 20.2 Å². The predicted octanol–water partition coefficient (Wildman–Crippen LogP) is 3.05. The SMILES string of the molecule is Cc1ccc([N+](=O)[O-])cc1Oc1ncnc(Cl)c1[N+](=O)[O-]. The van der Waals surface area contributed by atoms with E-state index in [1.807, 2.05) is 0 Å². The van der Waals surface area contributed by atoms with Crippen molar-refractivity contribution in [3.63, 3.8) is 0 Å². The summed E-state index contributed by atoms with van der Waals surface area (Å²) in [7, 11) is 0. The Morgan fingerprint density at radius 3 is 2.52 bits per heavy atom. The highest BCUT2D eigenvalue weighted by Gasteiger charge is 2.24. The predicted molar refractivity (Wildman–Crippen MR) is 71.6 cm³/mol. The van der Waals surface area contributed by atoms with Crippen molar-refractivity contribution in [1.82, 2.24) is 9.97 Å². The van der Waals surface area contributed by atoms with E-state index in [2.05, 4.69) is 9.97 Å². The van der Waals surface area contributed by atoms with Crippen molar-refractivity contribution in [3.8, 4) is 11.6 Å². The maximum atomic E-state index is 10.9. The minimum Gasteiger partial charge on any atom is -0.433 e. The van der Waals surface area contributed by atoms with Gasteiger partial charge < -0.3 is 4.74 Å². The van der Waals surface area contributed by atoms with Gasteiger partial charge in [0.25, 0.3) is 5.69 Å². The molecule has 0 aliphatic carbocycles. The molecule has 0 aliphatic rings. The molecule has 1 heterocycles. The van der Waals surface area contributed by atoms with Crippen LogP contribution in [-0.4, -0.2) is 19.8 Å². The molecule has 0 aliphatic heterocycles. The molecule has 1 aromatic heterocycles. The Balaban J connectivity index is 2.48. The fraction of sp³-hybridized carbons (Fsp3) is 0.0909. The van der Waals surface area contributed by atoms with Crippen LogP contribution < -0.4 is 4.74 Å². The summed E-state index contributed by atoms with van der Waals surface area (Å²) in [6.45, 7) is 1.63. The van der Waals surface area contributed by atoms with Crippen LogP contribution in [0.25, 0.3) is 0 Å². The number of hydrogen-bond donors (Lipinski definition) is 0. The number of halogens is 1. The number of nitro groups is 2. The van der Waals surface area contributed by atoms with E-state index >= 15 is 0 Å². The first-order valence-corrected chi connectivity index (χ1v) is 5.85. The lowest BCUT2D eigenvalue weighted by molar-refractivity contribution is -0.386. The molecule has 21 heavy (non-hydrogen) atoms. The quantitative estimate of drug-likeness (QED) is 0.483. The molecule has 0 saturated carbocycles. The summed E-state index contributed by atoms with van der Waals surface area (Å²) in [5.41, 5.74) is -0.270. The third-order valence-corrected chi connectivity index (χ3v) is 2.79. The zero-order valence-corrected chi connectivity index (χ0v) is 11.3. The van der Waals surface area contributed by atoms with Gasteiger partial charge in [-0.1, -0.05) is 11.6 Å². The second-order valence-electron chi connectivity index (χ2n) is 3.88. The Hall–Kier alpha value is -2.81. The van der Waals surface area contributed by atoms with Crippen LogP contribution in [0.2, 0.25) is 5.15 Å². The highest BCUT2D eigenvalue weighted by atomic mass is 35.5. The van der Waals surface area contributed by atoms with Gasteiger partial charge in [-0.3, -0.25) is 20.2 Å². The first kappa shape index (κ1) is 14.6. The smallest absolute Gasteiger partial charge is 0.368 e. The first-order chi connectivity index (χ1) is 9.90. The van der Waals surface area contributed by atoms with Gasteiger partial charge in [-0.25, -0.2) is 4.98 Å². The third kappa shape index (κ3) is 3.03. The normalized spacial score (nSPS) is 10.2. The minimum atomic E-state index is -0.787. The highest BCUT2D eigenvalue weighted by Crippen LogP contribution is 2.35. The van der Waals surface area contributed by atoms with Gasteiger partial charge in [-0.2, -0.15) is 4.98 Å². The molecule has 0 atom stereocenters. The zero-order valence-electron chi connectivity index (χ0n) is 10.5. The molecule has 0 N–H and O–H groups in total. The Morgan fingerprint density at radius 2 is 1.90 bits per heavy atom. The van der Waals surface area contributed by atoms with Crippen molar-refractivity contribution < 1.29 is 14.6 Å². The van der Waals surface area contributed by atoms with E-state index in [0.29, 0.717) is 5.56 Å². The average molecular weight is 311 g/mol. The lowest BCUT2D eigenvalue weighted by atomic mass is 10.2. The van der Waals surface area contributed by atoms with Crippen molar-refractivity contribution in [1.29, 1.82) is 0 Å². The number of nitrogens with zero attached hydrogens (tertiary/aromatic N) is 4. The fourth-order valence-corrected chi connectivity index (χ4v) is 1.68. The van der Waals surface area contributed by atoms with Gasteiger partial charge >= 0.3 is 11.6 Å². The molecule has 1 aromatic carbocycles. The number of ether oxygens (including phenoxy) is 1. The van der Waals surface area contributed by atoms with Crippen molar-refractivity contribution in [3.05, 3.63) is 55.5 Å². The van der Waals surface area contributed by atoms with Crippen LogP contribution in [0.5, 0.6) is 11.6 Å². The van der Waals surface area contributed by atoms with Gasteiger partial charge in [0.15, 0.2) is 0 Å². The van der Waals surface area contributed by atoms with Gasteiger partial charge in [0.1, 0.15) is 12.1 Å². The van der Waals surface area contributed by atoms with Crippen LogP contribution in [0.3, 0.4) is 0 Å². The van der Waals surface area contributed by atoms with Crippen LogP contribution in [0, 0.1) is 27.2 Å². The van der Waals surface area contributed by atoms with Crippen LogP contribution >= 0.6 is 11.6 Å². The van der Waals surface area contributed by atoms with Crippen LogP contribution in [-0.2, 0) is 0 Å². The Kier molecular flexibility index (Phi) is 3.94. The van der Waals surface area contributed by atoms with Crippen molar-refractivity contribution in [2.45, 2.75) is 6.92 Å². The molecular weight excluding hydrogens is 304 g/mol. The number of nitro benzene ring substituents is 1. The van der Waals surface area contributed by atoms with E-state index in [1.165, 1.54) is 12.1 Å². The molecule has 0 spiro atoms. The van der Waals surface area contributed by atoms with Crippen molar-refractivity contribution in [2.75, 3.05) is 0 Å². The van der Waals surface area contributed by atoms with Crippen molar-refractivity contribution >= 4 is 23.0 Å². The molecule has 0 amide bonds. The zero-order chi connectivity index (χ0) is 15.6. The largest absolute Gasteiger partial charge is 0.433 e. The molecule has 0 radical (unpaired) electrons. The minimum absolute atomic E-state index is 0.0714. The van der Waals surface area contributed by atoms with E-state index in [1.54, 1.807) is 6.92 Å². The van der Waals surface area contributed by atoms with Gasteiger partial charge in [0, 0.05) is 6.07 Å². The summed E-state index contributed by atoms with van der Waals surface area (Å²) in [5, 5.41) is 21.3. The maximum Gasteiger partial charge on any atom is 0.368 e. The van der Waals surface area contributed by atoms with Gasteiger partial charge in [-0.15, -0.1) is 0 Å². The standard InChI is InChI=1S/C11H7ClN4O5/c1-6-2-3-7(15(17)18)4-8(6)21-11-9(16(19)20)10(12)13-5-14-11/h2-5H,1H3. The lowest BCUT2D eigenvalue weighted by Gasteiger charge is -2.07. The number of aromatic nitrogens is 2. The highest BCUT2D eigenvalue weighted by molar-refractivity contribution is 6.31. The number of rotatable bonds is 4. The fourth-order valence-electron chi connectivity index (χ4n) is 1.49. The molecule has 0 fully saturated rings. The molecule has 2 rings (SSSR count). The molecule has 0 unspecified atom stereocenters. The summed E-state index contributed by atoms with van der Waals surface area (Å²) < 4.78 is 5.29. The number of hydrogen-bond acceptors (Lipinski definition) is 7. The van der Waals surface area contributed by atoms with Crippen LogP contribution in [0.15, 0.2) is 24.5 Å². The first-order valence-electron chi connectivity index (χ1n) is 5.48. The summed E-state index contributed by atoms with van der Waals surface area (Å²) in [5.74, 6) is -0.314. The second kappa shape index (κ2) is 5.67. The molecule has 10 heteroatoms. The molecule has 2 aromatic rings. The number of aryl methyl sites for hydroxylation is 1. The summed E-state index contributed by atoms with van der Waals surface area (Å²) in [6, 6.07) is 3.90. The van der Waals surface area contributed by atoms with Gasteiger partial charge in [0.2, 0.25) is 5.15 Å². The third-order valence-electron chi connectivity index (χ3n) is 2.52. The van der Waals surface area contributed by atoms with Crippen LogP contribution in [0.1, 0.15) is 5.56 Å². The average Bonchev–Trinajstić information content (AvgIpc) is 2.40. The summed E-state index contributed by atoms with van der Waals surface area (Å²) in [4.78, 5) is 27.4. The number of benzene rings is 1. The number of non-ortho nitro benzene ring substituents is 1. The topological polar surface area (TPSA) is 121 Å². The second-order valence-corrected chi connectivity index (χ2v) is 4.24. The van der Waals surface area contributed by atoms with Gasteiger partial charge in [0.05, 0.1) is 15.9 Å². The van der Waals surface area contributed by atoms with E-state index in [-0.39, 0.29) is 22.5 Å². The van der Waals surface area contributed by atoms with E-state index in [4.69, 9.17) is 16.3 Å². The van der Waals surface area contributed by atoms with Gasteiger partial charge in [-0.05, 0) is 18.6 Å². The Morgan fingerprint density at radius 1 is 1.19 bits per heavy atom. The summed E-state index contributed by atoms with van der Waals surface area (Å²) in [6.07, 6.45) is 0.997. The molecule has 0 saturated heterocycles. The van der Waals surface area contributed by atoms with E-state index in [0.717, 1.165) is 12.4 Å². The lowest BCUT2D eigenvalue weighted by Crippen LogP contribution is -1.99. The monoisotopic (exact) mass is 310 g/mol. The maximum absolute atomic E-state index is 10.9. The Bertz CT molecular complexity index is 737. The summed E-state index contributed by atoms with van der Waals surface area (Å²) >= 11 is 5.63. The molecular formula is C11H7ClN4O5. The van der Waals surface area contributed by atoms with Crippen molar-refractivity contribution in [2.24, 2.45) is 0 Å². The van der Waals surface area contributed by atoms with E-state index < -0.39 is 15.5 Å².